The Kier molecular flexibility index (Phi) is 3.86. The van der Waals surface area contributed by atoms with Crippen LogP contribution in [0.25, 0.3) is 5.65 Å². The van der Waals surface area contributed by atoms with Crippen molar-refractivity contribution < 1.29 is 9.13 Å². The largest absolute Gasteiger partial charge is 0.370 e. The van der Waals surface area contributed by atoms with Crippen LogP contribution < -0.4 is 5.56 Å². The molecule has 1 atom stereocenters. The van der Waals surface area contributed by atoms with Crippen molar-refractivity contribution in [1.29, 1.82) is 0 Å². The minimum Gasteiger partial charge on any atom is -0.370 e. The fraction of sp³-hybridized carbons (Fsp3) is 0.353. The zero-order valence-corrected chi connectivity index (χ0v) is 13.1. The second kappa shape index (κ2) is 6.16. The number of hydrogen-bond donors (Lipinski definition) is 0. The number of rotatable bonds is 3. The average molecular weight is 328 g/mol. The van der Waals surface area contributed by atoms with E-state index in [9.17, 15) is 9.18 Å². The van der Waals surface area contributed by atoms with Crippen molar-refractivity contribution in [3.8, 4) is 0 Å². The fourth-order valence-corrected chi connectivity index (χ4v) is 3.06. The summed E-state index contributed by atoms with van der Waals surface area (Å²) in [6.07, 6.45) is 6.34. The number of ether oxygens (including phenoxy) is 1. The molecule has 3 aromatic rings. The summed E-state index contributed by atoms with van der Waals surface area (Å²) < 4.78 is 22.2. The van der Waals surface area contributed by atoms with Crippen molar-refractivity contribution in [2.75, 3.05) is 6.61 Å². The van der Waals surface area contributed by atoms with Gasteiger partial charge in [0, 0.05) is 19.0 Å². The van der Waals surface area contributed by atoms with Crippen LogP contribution in [-0.4, -0.2) is 25.8 Å². The van der Waals surface area contributed by atoms with Crippen LogP contribution in [0.4, 0.5) is 4.39 Å². The van der Waals surface area contributed by atoms with E-state index in [1.165, 1.54) is 16.7 Å². The van der Waals surface area contributed by atoms with Gasteiger partial charge in [0.05, 0.1) is 6.54 Å². The summed E-state index contributed by atoms with van der Waals surface area (Å²) in [5.41, 5.74) is 0.728. The van der Waals surface area contributed by atoms with Gasteiger partial charge in [-0.05, 0) is 37.0 Å². The highest BCUT2D eigenvalue weighted by Gasteiger charge is 2.22. The number of fused-ring (bicyclic) bond motifs is 1. The number of halogens is 1. The van der Waals surface area contributed by atoms with Gasteiger partial charge in [-0.25, -0.2) is 4.39 Å². The zero-order chi connectivity index (χ0) is 16.5. The first kappa shape index (κ1) is 15.0. The van der Waals surface area contributed by atoms with Crippen molar-refractivity contribution in [3.63, 3.8) is 0 Å². The van der Waals surface area contributed by atoms with E-state index in [4.69, 9.17) is 4.74 Å². The first-order chi connectivity index (χ1) is 11.7. The van der Waals surface area contributed by atoms with Crippen LogP contribution in [0.3, 0.4) is 0 Å². The van der Waals surface area contributed by atoms with E-state index in [2.05, 4.69) is 10.2 Å². The fourth-order valence-electron chi connectivity index (χ4n) is 3.06. The van der Waals surface area contributed by atoms with Crippen LogP contribution in [-0.2, 0) is 11.3 Å². The molecule has 0 N–H and O–H groups in total. The van der Waals surface area contributed by atoms with Gasteiger partial charge in [-0.1, -0.05) is 12.1 Å². The predicted molar refractivity (Wildman–Crippen MR) is 85.3 cm³/mol. The monoisotopic (exact) mass is 328 g/mol. The van der Waals surface area contributed by atoms with Crippen molar-refractivity contribution in [3.05, 3.63) is 64.2 Å². The van der Waals surface area contributed by atoms with Crippen molar-refractivity contribution >= 4 is 5.65 Å². The molecule has 6 nitrogen and oxygen atoms in total. The van der Waals surface area contributed by atoms with E-state index in [1.807, 2.05) is 0 Å². The van der Waals surface area contributed by atoms with Gasteiger partial charge in [0.2, 0.25) is 5.65 Å². The molecule has 3 heterocycles. The van der Waals surface area contributed by atoms with Crippen LogP contribution in [0.2, 0.25) is 0 Å². The van der Waals surface area contributed by atoms with Gasteiger partial charge in [0.15, 0.2) is 5.82 Å². The lowest BCUT2D eigenvalue weighted by atomic mass is 10.1. The lowest BCUT2D eigenvalue weighted by Crippen LogP contribution is -2.23. The molecule has 1 unspecified atom stereocenters. The Bertz CT molecular complexity index is 928. The second-order valence-electron chi connectivity index (χ2n) is 5.97. The van der Waals surface area contributed by atoms with Crippen LogP contribution in [0.15, 0.2) is 41.5 Å². The molecule has 1 aliphatic rings. The van der Waals surface area contributed by atoms with E-state index < -0.39 is 0 Å². The van der Waals surface area contributed by atoms with Gasteiger partial charge in [0.25, 0.3) is 5.56 Å². The highest BCUT2D eigenvalue weighted by molar-refractivity contribution is 5.35. The molecular formula is C17H17FN4O2. The molecule has 1 fully saturated rings. The van der Waals surface area contributed by atoms with E-state index in [0.29, 0.717) is 12.4 Å². The minimum atomic E-state index is -0.319. The van der Waals surface area contributed by atoms with Crippen LogP contribution in [0.5, 0.6) is 0 Å². The summed E-state index contributed by atoms with van der Waals surface area (Å²) in [6.45, 7) is 0.992. The number of nitrogens with zero attached hydrogens (tertiary/aromatic N) is 4. The zero-order valence-electron chi connectivity index (χ0n) is 13.1. The highest BCUT2D eigenvalue weighted by Crippen LogP contribution is 2.26. The van der Waals surface area contributed by atoms with Crippen molar-refractivity contribution in [2.24, 2.45) is 0 Å². The second-order valence-corrected chi connectivity index (χ2v) is 5.97. The summed E-state index contributed by atoms with van der Waals surface area (Å²) >= 11 is 0. The Morgan fingerprint density at radius 1 is 1.25 bits per heavy atom. The Morgan fingerprint density at radius 3 is 2.96 bits per heavy atom. The van der Waals surface area contributed by atoms with Crippen LogP contribution in [0.1, 0.15) is 36.8 Å². The van der Waals surface area contributed by atoms with E-state index in [-0.39, 0.29) is 29.7 Å². The predicted octanol–water partition coefficient (Wildman–Crippen LogP) is 2.32. The Hall–Kier alpha value is -2.54. The molecule has 0 spiro atoms. The van der Waals surface area contributed by atoms with E-state index >= 15 is 0 Å². The minimum absolute atomic E-state index is 0.118. The smallest absolute Gasteiger partial charge is 0.296 e. The standard InChI is InChI=1S/C17H17FN4O2/c18-13-5-3-4-12(10-13)11-21-7-8-22-15(14-6-1-2-9-24-14)19-20-16(22)17(21)23/h3-5,7-8,10,14H,1-2,6,9,11H2. The first-order valence-corrected chi connectivity index (χ1v) is 8.02. The van der Waals surface area contributed by atoms with E-state index in [1.54, 1.807) is 28.9 Å². The lowest BCUT2D eigenvalue weighted by molar-refractivity contribution is 0.00884. The molecule has 0 amide bonds. The van der Waals surface area contributed by atoms with Gasteiger partial charge in [-0.2, -0.15) is 0 Å². The normalized spacial score (nSPS) is 18.1. The third-order valence-electron chi connectivity index (χ3n) is 4.28. The topological polar surface area (TPSA) is 61.4 Å². The van der Waals surface area contributed by atoms with Gasteiger partial charge < -0.3 is 9.30 Å². The third kappa shape index (κ3) is 2.71. The van der Waals surface area contributed by atoms with Crippen LogP contribution in [0, 0.1) is 5.82 Å². The maximum Gasteiger partial charge on any atom is 0.296 e. The van der Waals surface area contributed by atoms with Gasteiger partial charge in [0.1, 0.15) is 11.9 Å². The molecule has 1 aromatic carbocycles. The third-order valence-corrected chi connectivity index (χ3v) is 4.28. The van der Waals surface area contributed by atoms with Gasteiger partial charge >= 0.3 is 0 Å². The van der Waals surface area contributed by atoms with Gasteiger partial charge in [-0.3, -0.25) is 9.20 Å². The summed E-state index contributed by atoms with van der Waals surface area (Å²) in [7, 11) is 0. The SMILES string of the molecule is O=c1c2nnc(C3CCCCO3)n2ccn1Cc1cccc(F)c1. The molecule has 0 aliphatic carbocycles. The Morgan fingerprint density at radius 2 is 2.17 bits per heavy atom. The molecule has 24 heavy (non-hydrogen) atoms. The molecule has 1 aliphatic heterocycles. The van der Waals surface area contributed by atoms with E-state index in [0.717, 1.165) is 24.8 Å². The Labute approximate surface area is 137 Å². The molecule has 0 saturated carbocycles. The van der Waals surface area contributed by atoms with Crippen molar-refractivity contribution in [2.45, 2.75) is 31.9 Å². The highest BCUT2D eigenvalue weighted by atomic mass is 19.1. The molecule has 0 bridgehead atoms. The van der Waals surface area contributed by atoms with Crippen molar-refractivity contribution in [1.82, 2.24) is 19.2 Å². The molecule has 1 saturated heterocycles. The van der Waals surface area contributed by atoms with Crippen LogP contribution >= 0.6 is 0 Å². The molecular weight excluding hydrogens is 311 g/mol. The van der Waals surface area contributed by atoms with Gasteiger partial charge in [-0.15, -0.1) is 10.2 Å². The molecule has 0 radical (unpaired) electrons. The number of benzene rings is 1. The summed E-state index contributed by atoms with van der Waals surface area (Å²) in [6, 6.07) is 6.21. The summed E-state index contributed by atoms with van der Waals surface area (Å²) in [5, 5.41) is 8.20. The summed E-state index contributed by atoms with van der Waals surface area (Å²) in [5.74, 6) is 0.348. The summed E-state index contributed by atoms with van der Waals surface area (Å²) in [4.78, 5) is 12.6. The molecule has 2 aromatic heterocycles. The molecule has 7 heteroatoms. The maximum absolute atomic E-state index is 13.3. The first-order valence-electron chi connectivity index (χ1n) is 8.02. The quantitative estimate of drug-likeness (QED) is 0.740. The maximum atomic E-state index is 13.3. The molecule has 124 valence electrons. The lowest BCUT2D eigenvalue weighted by Gasteiger charge is -2.20. The Balaban J connectivity index is 1.69. The number of aromatic nitrogens is 4. The average Bonchev–Trinajstić information content (AvgIpc) is 3.03. The number of hydrogen-bond acceptors (Lipinski definition) is 4. The molecule has 4 rings (SSSR count).